The van der Waals surface area contributed by atoms with Gasteiger partial charge in [-0.05, 0) is 31.5 Å². The Morgan fingerprint density at radius 3 is 2.23 bits per heavy atom. The molecule has 3 aromatic rings. The first kappa shape index (κ1) is 21.7. The lowest BCUT2D eigenvalue weighted by atomic mass is 9.91. The Hall–Kier alpha value is -2.96. The third-order valence-electron chi connectivity index (χ3n) is 4.17. The fourth-order valence-corrected chi connectivity index (χ4v) is 2.82. The van der Waals surface area contributed by atoms with Gasteiger partial charge in [-0.25, -0.2) is 9.37 Å². The summed E-state index contributed by atoms with van der Waals surface area (Å²) in [6.07, 6.45) is -8.81. The lowest BCUT2D eigenvalue weighted by Gasteiger charge is -2.31. The van der Waals surface area contributed by atoms with Gasteiger partial charge in [0.15, 0.2) is 5.69 Å². The Balaban J connectivity index is 2.10. The van der Waals surface area contributed by atoms with Crippen molar-refractivity contribution < 1.29 is 35.8 Å². The number of nitrogens with zero attached hydrogens (tertiary/aromatic N) is 4. The van der Waals surface area contributed by atoms with Gasteiger partial charge in [-0.2, -0.15) is 40.9 Å². The summed E-state index contributed by atoms with van der Waals surface area (Å²) < 4.78 is 92.9. The van der Waals surface area contributed by atoms with Crippen molar-refractivity contribution in [2.45, 2.75) is 37.8 Å². The molecule has 162 valence electrons. The molecule has 0 radical (unpaired) electrons. The van der Waals surface area contributed by atoms with Gasteiger partial charge in [0.25, 0.3) is 5.78 Å². The topological polar surface area (TPSA) is 75.3 Å². The van der Waals surface area contributed by atoms with Crippen molar-refractivity contribution in [3.8, 4) is 0 Å². The summed E-state index contributed by atoms with van der Waals surface area (Å²) in [6.45, 7) is 2.51. The van der Waals surface area contributed by atoms with Gasteiger partial charge in [-0.3, -0.25) is 0 Å². The molecule has 2 aromatic heterocycles. The van der Waals surface area contributed by atoms with Crippen LogP contribution in [0.15, 0.2) is 30.6 Å². The van der Waals surface area contributed by atoms with E-state index in [-0.39, 0.29) is 11.4 Å². The van der Waals surface area contributed by atoms with Crippen molar-refractivity contribution in [2.75, 3.05) is 5.32 Å². The second-order valence-electron chi connectivity index (χ2n) is 6.96. The number of benzene rings is 1. The van der Waals surface area contributed by atoms with E-state index in [1.54, 1.807) is 0 Å². The number of fused-ring (bicyclic) bond motifs is 1. The Bertz CT molecular complexity index is 1070. The van der Waals surface area contributed by atoms with Gasteiger partial charge in [-0.1, -0.05) is 6.07 Å². The van der Waals surface area contributed by atoms with Crippen LogP contribution in [0.25, 0.3) is 5.78 Å². The zero-order valence-corrected chi connectivity index (χ0v) is 15.3. The molecule has 0 fully saturated rings. The quantitative estimate of drug-likeness (QED) is 0.598. The molecular weight excluding hydrogens is 423 g/mol. The number of anilines is 1. The van der Waals surface area contributed by atoms with Crippen LogP contribution in [0.2, 0.25) is 0 Å². The number of halogens is 7. The number of aliphatic hydroxyl groups is 1. The number of nitrogens with one attached hydrogen (secondary N) is 1. The van der Waals surface area contributed by atoms with E-state index in [0.717, 1.165) is 16.9 Å². The first-order valence-corrected chi connectivity index (χ1v) is 8.31. The molecule has 2 N–H and O–H groups in total. The summed E-state index contributed by atoms with van der Waals surface area (Å²) in [6, 6.07) is 1.25. The summed E-state index contributed by atoms with van der Waals surface area (Å²) in [5, 5.41) is 16.8. The molecule has 1 atom stereocenters. The average Bonchev–Trinajstić information content (AvgIpc) is 3.05. The molecule has 0 unspecified atom stereocenters. The van der Waals surface area contributed by atoms with Crippen molar-refractivity contribution in [1.82, 2.24) is 19.6 Å². The van der Waals surface area contributed by atoms with E-state index in [0.29, 0.717) is 18.2 Å². The molecule has 30 heavy (non-hydrogen) atoms. The molecule has 13 heteroatoms. The zero-order valence-electron chi connectivity index (χ0n) is 15.3. The molecule has 1 aromatic carbocycles. The zero-order chi connectivity index (χ0) is 22.5. The van der Waals surface area contributed by atoms with Crippen LogP contribution in [0.1, 0.15) is 36.7 Å². The van der Waals surface area contributed by atoms with Crippen LogP contribution in [-0.2, 0) is 12.4 Å². The number of rotatable bonds is 4. The van der Waals surface area contributed by atoms with E-state index in [1.807, 2.05) is 0 Å². The maximum Gasteiger partial charge on any atom is 0.433 e. The molecule has 0 aliphatic heterocycles. The van der Waals surface area contributed by atoms with E-state index in [4.69, 9.17) is 0 Å². The fraction of sp³-hybridized carbons (Fsp3) is 0.353. The Morgan fingerprint density at radius 1 is 1.03 bits per heavy atom. The molecule has 2 heterocycles. The van der Waals surface area contributed by atoms with E-state index < -0.39 is 46.8 Å². The molecule has 6 nitrogen and oxygen atoms in total. The first-order valence-electron chi connectivity index (χ1n) is 8.31. The SMILES string of the molecule is CC(C)(O)[C@H](Nc1cc(C(F)(F)F)nc2ncnn12)c1ccc(C(F)(F)F)c(F)c1. The first-order chi connectivity index (χ1) is 13.7. The van der Waals surface area contributed by atoms with Gasteiger partial charge >= 0.3 is 12.4 Å². The van der Waals surface area contributed by atoms with Crippen LogP contribution in [0.4, 0.5) is 36.6 Å². The lowest BCUT2D eigenvalue weighted by molar-refractivity contribution is -0.141. The van der Waals surface area contributed by atoms with Gasteiger partial charge in [-0.15, -0.1) is 0 Å². The normalized spacial score (nSPS) is 14.2. The average molecular weight is 437 g/mol. The maximum absolute atomic E-state index is 14.0. The van der Waals surface area contributed by atoms with Crippen molar-refractivity contribution >= 4 is 11.6 Å². The number of hydrogen-bond donors (Lipinski definition) is 2. The highest BCUT2D eigenvalue weighted by atomic mass is 19.4. The molecule has 0 aliphatic carbocycles. The summed E-state index contributed by atoms with van der Waals surface area (Å²) in [5.41, 5.74) is -4.69. The van der Waals surface area contributed by atoms with E-state index >= 15 is 0 Å². The number of hydrogen-bond acceptors (Lipinski definition) is 5. The Kier molecular flexibility index (Phi) is 5.13. The van der Waals surface area contributed by atoms with Gasteiger partial charge < -0.3 is 10.4 Å². The van der Waals surface area contributed by atoms with E-state index in [9.17, 15) is 35.8 Å². The van der Waals surface area contributed by atoms with E-state index in [2.05, 4.69) is 20.4 Å². The summed E-state index contributed by atoms with van der Waals surface area (Å²) in [7, 11) is 0. The summed E-state index contributed by atoms with van der Waals surface area (Å²) in [4.78, 5) is 6.94. The highest BCUT2D eigenvalue weighted by Crippen LogP contribution is 2.36. The van der Waals surface area contributed by atoms with Gasteiger partial charge in [0.05, 0.1) is 17.2 Å². The highest BCUT2D eigenvalue weighted by molar-refractivity contribution is 5.48. The van der Waals surface area contributed by atoms with Crippen LogP contribution >= 0.6 is 0 Å². The minimum absolute atomic E-state index is 0.133. The van der Waals surface area contributed by atoms with Crippen LogP contribution in [0.5, 0.6) is 0 Å². The third-order valence-corrected chi connectivity index (χ3v) is 4.17. The standard InChI is InChI=1S/C17H14F7N5O/c1-15(2,30)13(8-3-4-9(10(18)5-8)16(19,20)21)28-12-6-11(17(22,23)24)27-14-25-7-26-29(12)14/h3-7,13,28,30H,1-2H3/t13-/m1/s1. The molecule has 0 aliphatic rings. The Morgan fingerprint density at radius 2 is 1.70 bits per heavy atom. The van der Waals surface area contributed by atoms with E-state index in [1.165, 1.54) is 13.8 Å². The van der Waals surface area contributed by atoms with Crippen LogP contribution in [-0.4, -0.2) is 30.3 Å². The van der Waals surface area contributed by atoms with Crippen LogP contribution in [0, 0.1) is 5.82 Å². The molecule has 0 amide bonds. The molecule has 3 rings (SSSR count). The summed E-state index contributed by atoms with van der Waals surface area (Å²) in [5.74, 6) is -2.30. The van der Waals surface area contributed by atoms with Gasteiger partial charge in [0, 0.05) is 6.07 Å². The Labute approximate surface area is 164 Å². The number of alkyl halides is 6. The van der Waals surface area contributed by atoms with Gasteiger partial charge in [0.1, 0.15) is 18.0 Å². The van der Waals surface area contributed by atoms with Gasteiger partial charge in [0.2, 0.25) is 0 Å². The molecular formula is C17H14F7N5O. The molecule has 0 bridgehead atoms. The van der Waals surface area contributed by atoms with Crippen molar-refractivity contribution in [1.29, 1.82) is 0 Å². The second kappa shape index (κ2) is 7.07. The summed E-state index contributed by atoms with van der Waals surface area (Å²) >= 11 is 0. The van der Waals surface area contributed by atoms with Crippen LogP contribution < -0.4 is 5.32 Å². The van der Waals surface area contributed by atoms with Crippen molar-refractivity contribution in [2.24, 2.45) is 0 Å². The predicted molar refractivity (Wildman–Crippen MR) is 89.8 cm³/mol. The molecule has 0 spiro atoms. The monoisotopic (exact) mass is 437 g/mol. The third kappa shape index (κ3) is 4.30. The number of aromatic nitrogens is 4. The predicted octanol–water partition coefficient (Wildman–Crippen LogP) is 4.23. The molecule has 0 saturated heterocycles. The minimum atomic E-state index is -4.93. The second-order valence-corrected chi connectivity index (χ2v) is 6.96. The maximum atomic E-state index is 14.0. The fourth-order valence-electron chi connectivity index (χ4n) is 2.82. The highest BCUT2D eigenvalue weighted by Gasteiger charge is 2.37. The molecule has 0 saturated carbocycles. The van der Waals surface area contributed by atoms with Crippen LogP contribution in [0.3, 0.4) is 0 Å². The van der Waals surface area contributed by atoms with Crippen molar-refractivity contribution in [3.63, 3.8) is 0 Å². The lowest BCUT2D eigenvalue weighted by Crippen LogP contribution is -2.35. The minimum Gasteiger partial charge on any atom is -0.388 e. The largest absolute Gasteiger partial charge is 0.433 e. The smallest absolute Gasteiger partial charge is 0.388 e. The van der Waals surface area contributed by atoms with Crippen molar-refractivity contribution in [3.05, 3.63) is 53.2 Å².